The topological polar surface area (TPSA) is 69.4 Å². The van der Waals surface area contributed by atoms with Crippen LogP contribution in [-0.4, -0.2) is 39.2 Å². The van der Waals surface area contributed by atoms with Crippen molar-refractivity contribution in [3.63, 3.8) is 0 Å². The molecule has 0 spiro atoms. The molecule has 0 bridgehead atoms. The Morgan fingerprint density at radius 3 is 2.62 bits per heavy atom. The summed E-state index contributed by atoms with van der Waals surface area (Å²) < 4.78 is 29.0. The summed E-state index contributed by atoms with van der Waals surface area (Å²) in [7, 11) is -2.92. The van der Waals surface area contributed by atoms with Gasteiger partial charge in [0.1, 0.15) is 0 Å². The molecular formula is C11H23NO3S. The number of hydrogen-bond acceptors (Lipinski definition) is 4. The molecule has 1 rings (SSSR count). The maximum absolute atomic E-state index is 11.8. The summed E-state index contributed by atoms with van der Waals surface area (Å²) >= 11 is 0. The molecule has 2 N–H and O–H groups in total. The predicted octanol–water partition coefficient (Wildman–Crippen LogP) is 0.955. The number of nitrogens with two attached hydrogens (primary N) is 1. The van der Waals surface area contributed by atoms with E-state index in [9.17, 15) is 8.42 Å². The second-order valence-corrected chi connectivity index (χ2v) is 7.23. The Morgan fingerprint density at radius 1 is 1.44 bits per heavy atom. The highest BCUT2D eigenvalue weighted by molar-refractivity contribution is 7.92. The van der Waals surface area contributed by atoms with E-state index in [1.54, 1.807) is 6.92 Å². The minimum Gasteiger partial charge on any atom is -0.381 e. The van der Waals surface area contributed by atoms with Crippen molar-refractivity contribution in [2.75, 3.05) is 25.5 Å². The largest absolute Gasteiger partial charge is 0.381 e. The zero-order valence-electron chi connectivity index (χ0n) is 10.2. The fraction of sp³-hybridized carbons (Fsp3) is 1.00. The summed E-state index contributed by atoms with van der Waals surface area (Å²) in [6.45, 7) is 5.42. The second-order valence-electron chi connectivity index (χ2n) is 4.66. The Balaban J connectivity index is 2.67. The molecule has 2 atom stereocenters. The zero-order chi connectivity index (χ0) is 12.2. The summed E-state index contributed by atoms with van der Waals surface area (Å²) in [6.07, 6.45) is 2.27. The van der Waals surface area contributed by atoms with Gasteiger partial charge in [-0.1, -0.05) is 6.92 Å². The quantitative estimate of drug-likeness (QED) is 0.761. The molecule has 1 aliphatic rings. The standard InChI is InChI=1S/C11H23NO3S/c1-3-15-9-11(8-12)6-5-10(7-11)16(13,14)4-2/h10H,3-9,12H2,1-2H3/t10-,11-/m1/s1. The predicted molar refractivity (Wildman–Crippen MR) is 65.1 cm³/mol. The van der Waals surface area contributed by atoms with Crippen LogP contribution >= 0.6 is 0 Å². The monoisotopic (exact) mass is 249 g/mol. The Labute approximate surface area is 98.5 Å². The fourth-order valence-electron chi connectivity index (χ4n) is 2.39. The first-order valence-corrected chi connectivity index (χ1v) is 7.70. The van der Waals surface area contributed by atoms with Crippen LogP contribution < -0.4 is 5.73 Å². The van der Waals surface area contributed by atoms with E-state index in [1.807, 2.05) is 6.92 Å². The summed E-state index contributed by atoms with van der Waals surface area (Å²) in [5.74, 6) is 0.229. The number of rotatable bonds is 6. The Bertz CT molecular complexity index is 315. The molecule has 16 heavy (non-hydrogen) atoms. The molecule has 1 aliphatic carbocycles. The molecule has 0 aromatic rings. The van der Waals surface area contributed by atoms with Crippen LogP contribution in [0.4, 0.5) is 0 Å². The first-order valence-electron chi connectivity index (χ1n) is 5.99. The van der Waals surface area contributed by atoms with Gasteiger partial charge in [0, 0.05) is 24.3 Å². The number of sulfone groups is 1. The van der Waals surface area contributed by atoms with Crippen molar-refractivity contribution in [2.24, 2.45) is 11.1 Å². The molecule has 0 aliphatic heterocycles. The summed E-state index contributed by atoms with van der Waals surface area (Å²) in [4.78, 5) is 0. The van der Waals surface area contributed by atoms with E-state index in [0.29, 0.717) is 26.2 Å². The molecule has 96 valence electrons. The Morgan fingerprint density at radius 2 is 2.12 bits per heavy atom. The van der Waals surface area contributed by atoms with E-state index in [1.165, 1.54) is 0 Å². The highest BCUT2D eigenvalue weighted by Gasteiger charge is 2.42. The average Bonchev–Trinajstić information content (AvgIpc) is 2.72. The molecule has 1 fully saturated rings. The first kappa shape index (κ1) is 13.9. The lowest BCUT2D eigenvalue weighted by molar-refractivity contribution is 0.0589. The van der Waals surface area contributed by atoms with Gasteiger partial charge in [0.05, 0.1) is 11.9 Å². The Hall–Kier alpha value is -0.130. The highest BCUT2D eigenvalue weighted by Crippen LogP contribution is 2.40. The van der Waals surface area contributed by atoms with Gasteiger partial charge in [0.15, 0.2) is 9.84 Å². The molecule has 0 heterocycles. The van der Waals surface area contributed by atoms with Crippen LogP contribution in [0.15, 0.2) is 0 Å². The molecule has 1 saturated carbocycles. The Kier molecular flexibility index (Phi) is 4.76. The van der Waals surface area contributed by atoms with Gasteiger partial charge in [-0.2, -0.15) is 0 Å². The van der Waals surface area contributed by atoms with Crippen LogP contribution in [0, 0.1) is 5.41 Å². The van der Waals surface area contributed by atoms with Gasteiger partial charge in [-0.25, -0.2) is 8.42 Å². The van der Waals surface area contributed by atoms with Crippen molar-refractivity contribution < 1.29 is 13.2 Å². The van der Waals surface area contributed by atoms with E-state index < -0.39 is 9.84 Å². The van der Waals surface area contributed by atoms with Crippen LogP contribution in [0.25, 0.3) is 0 Å². The zero-order valence-corrected chi connectivity index (χ0v) is 11.1. The van der Waals surface area contributed by atoms with Crippen molar-refractivity contribution in [2.45, 2.75) is 38.4 Å². The van der Waals surface area contributed by atoms with E-state index in [-0.39, 0.29) is 16.4 Å². The summed E-state index contributed by atoms with van der Waals surface area (Å²) in [5, 5.41) is -0.207. The maximum Gasteiger partial charge on any atom is 0.152 e. The molecule has 0 unspecified atom stereocenters. The molecule has 4 nitrogen and oxygen atoms in total. The smallest absolute Gasteiger partial charge is 0.152 e. The van der Waals surface area contributed by atoms with Crippen molar-refractivity contribution >= 4 is 9.84 Å². The van der Waals surface area contributed by atoms with Gasteiger partial charge in [0.25, 0.3) is 0 Å². The molecule has 0 aromatic heterocycles. The lowest BCUT2D eigenvalue weighted by atomic mass is 9.87. The van der Waals surface area contributed by atoms with Crippen LogP contribution in [0.2, 0.25) is 0 Å². The number of hydrogen-bond donors (Lipinski definition) is 1. The van der Waals surface area contributed by atoms with E-state index in [4.69, 9.17) is 10.5 Å². The molecule has 0 aromatic carbocycles. The minimum absolute atomic E-state index is 0.108. The average molecular weight is 249 g/mol. The molecule has 5 heteroatoms. The van der Waals surface area contributed by atoms with Crippen molar-refractivity contribution in [1.82, 2.24) is 0 Å². The van der Waals surface area contributed by atoms with Crippen molar-refractivity contribution in [3.05, 3.63) is 0 Å². The third-order valence-corrected chi connectivity index (χ3v) is 5.84. The minimum atomic E-state index is -2.92. The van der Waals surface area contributed by atoms with Crippen molar-refractivity contribution in [3.8, 4) is 0 Å². The van der Waals surface area contributed by atoms with Crippen molar-refractivity contribution in [1.29, 1.82) is 0 Å². The van der Waals surface area contributed by atoms with E-state index in [0.717, 1.165) is 12.8 Å². The summed E-state index contributed by atoms with van der Waals surface area (Å²) in [6, 6.07) is 0. The molecular weight excluding hydrogens is 226 g/mol. The van der Waals surface area contributed by atoms with Gasteiger partial charge in [-0.05, 0) is 26.2 Å². The van der Waals surface area contributed by atoms with Crippen LogP contribution in [0.5, 0.6) is 0 Å². The van der Waals surface area contributed by atoms with E-state index >= 15 is 0 Å². The highest BCUT2D eigenvalue weighted by atomic mass is 32.2. The fourth-order valence-corrected chi connectivity index (χ4v) is 3.95. The van der Waals surface area contributed by atoms with Gasteiger partial charge >= 0.3 is 0 Å². The summed E-state index contributed by atoms with van der Waals surface area (Å²) in [5.41, 5.74) is 5.67. The van der Waals surface area contributed by atoms with Gasteiger partial charge < -0.3 is 10.5 Å². The third kappa shape index (κ3) is 2.96. The van der Waals surface area contributed by atoms with Crippen LogP contribution in [0.3, 0.4) is 0 Å². The normalized spacial score (nSPS) is 30.8. The van der Waals surface area contributed by atoms with E-state index in [2.05, 4.69) is 0 Å². The molecule has 0 amide bonds. The molecule has 0 radical (unpaired) electrons. The SMILES string of the molecule is CCOC[C@]1(CN)CC[C@@H](S(=O)(=O)CC)C1. The lowest BCUT2D eigenvalue weighted by Gasteiger charge is -2.27. The third-order valence-electron chi connectivity index (χ3n) is 3.61. The lowest BCUT2D eigenvalue weighted by Crippen LogP contribution is -2.34. The van der Waals surface area contributed by atoms with Gasteiger partial charge in [-0.3, -0.25) is 0 Å². The maximum atomic E-state index is 11.8. The number of ether oxygens (including phenoxy) is 1. The molecule has 0 saturated heterocycles. The van der Waals surface area contributed by atoms with Crippen LogP contribution in [-0.2, 0) is 14.6 Å². The van der Waals surface area contributed by atoms with Gasteiger partial charge in [0.2, 0.25) is 0 Å². The van der Waals surface area contributed by atoms with Gasteiger partial charge in [-0.15, -0.1) is 0 Å². The van der Waals surface area contributed by atoms with Crippen LogP contribution in [0.1, 0.15) is 33.1 Å². The second kappa shape index (κ2) is 5.47. The first-order chi connectivity index (χ1) is 7.49.